The standard InChI is InChI=1S/C13H18FN3O5/c1-21-9-5-3-4-8(10(9)22-2)15-12(19)17-6-7(14)11(18)16-13(17)20/h6,8-10H,3-5H2,1-2H3,(H,15,19)(H,16,18,20). The molecule has 0 aromatic carbocycles. The van der Waals surface area contributed by atoms with Crippen molar-refractivity contribution in [3.63, 3.8) is 0 Å². The first-order valence-electron chi connectivity index (χ1n) is 6.86. The Labute approximate surface area is 125 Å². The Kier molecular flexibility index (Phi) is 5.09. The summed E-state index contributed by atoms with van der Waals surface area (Å²) in [4.78, 5) is 36.4. The van der Waals surface area contributed by atoms with E-state index in [9.17, 15) is 18.8 Å². The van der Waals surface area contributed by atoms with Crippen molar-refractivity contribution >= 4 is 6.03 Å². The van der Waals surface area contributed by atoms with Crippen molar-refractivity contribution < 1.29 is 18.7 Å². The van der Waals surface area contributed by atoms with Gasteiger partial charge in [-0.2, -0.15) is 4.39 Å². The molecule has 0 saturated heterocycles. The fourth-order valence-corrected chi connectivity index (χ4v) is 2.68. The first-order valence-corrected chi connectivity index (χ1v) is 6.86. The Morgan fingerprint density at radius 1 is 1.36 bits per heavy atom. The summed E-state index contributed by atoms with van der Waals surface area (Å²) in [7, 11) is 3.07. The van der Waals surface area contributed by atoms with Gasteiger partial charge >= 0.3 is 11.7 Å². The van der Waals surface area contributed by atoms with Gasteiger partial charge < -0.3 is 14.8 Å². The van der Waals surface area contributed by atoms with Crippen molar-refractivity contribution in [2.75, 3.05) is 14.2 Å². The molecule has 1 aliphatic carbocycles. The SMILES string of the molecule is COC1CCCC(NC(=O)n2cc(F)c(=O)[nH]c2=O)C1OC. The molecule has 8 nitrogen and oxygen atoms in total. The minimum absolute atomic E-state index is 0.173. The number of hydrogen-bond acceptors (Lipinski definition) is 5. The molecule has 1 aliphatic rings. The highest BCUT2D eigenvalue weighted by Gasteiger charge is 2.34. The zero-order chi connectivity index (χ0) is 16.3. The van der Waals surface area contributed by atoms with Gasteiger partial charge in [0, 0.05) is 14.2 Å². The molecule has 1 aromatic heterocycles. The summed E-state index contributed by atoms with van der Waals surface area (Å²) in [5.41, 5.74) is -2.17. The highest BCUT2D eigenvalue weighted by Crippen LogP contribution is 2.23. The number of rotatable bonds is 3. The molecule has 0 aliphatic heterocycles. The van der Waals surface area contributed by atoms with Gasteiger partial charge in [0.05, 0.1) is 18.3 Å². The first kappa shape index (κ1) is 16.4. The van der Waals surface area contributed by atoms with Crippen LogP contribution in [-0.4, -0.2) is 48.1 Å². The zero-order valence-electron chi connectivity index (χ0n) is 12.3. The van der Waals surface area contributed by atoms with Gasteiger partial charge in [0.2, 0.25) is 5.82 Å². The van der Waals surface area contributed by atoms with E-state index in [1.165, 1.54) is 7.11 Å². The van der Waals surface area contributed by atoms with Crippen LogP contribution in [0, 0.1) is 5.82 Å². The van der Waals surface area contributed by atoms with Crippen LogP contribution in [0.25, 0.3) is 0 Å². The van der Waals surface area contributed by atoms with Gasteiger partial charge in [0.1, 0.15) is 6.10 Å². The predicted octanol–water partition coefficient (Wildman–Crippen LogP) is -0.184. The quantitative estimate of drug-likeness (QED) is 0.805. The summed E-state index contributed by atoms with van der Waals surface area (Å²) in [6.07, 6.45) is 2.28. The van der Waals surface area contributed by atoms with Crippen LogP contribution in [0.5, 0.6) is 0 Å². The Morgan fingerprint density at radius 3 is 2.73 bits per heavy atom. The number of nitrogens with zero attached hydrogens (tertiary/aromatic N) is 1. The van der Waals surface area contributed by atoms with Crippen LogP contribution in [0.2, 0.25) is 0 Å². The molecule has 122 valence electrons. The number of halogens is 1. The predicted molar refractivity (Wildman–Crippen MR) is 74.4 cm³/mol. The second-order valence-corrected chi connectivity index (χ2v) is 5.07. The van der Waals surface area contributed by atoms with E-state index < -0.39 is 23.1 Å². The highest BCUT2D eigenvalue weighted by atomic mass is 19.1. The number of nitrogens with one attached hydrogen (secondary N) is 2. The van der Waals surface area contributed by atoms with Crippen molar-refractivity contribution in [3.05, 3.63) is 32.9 Å². The summed E-state index contributed by atoms with van der Waals surface area (Å²) in [5.74, 6) is -1.21. The molecule has 9 heteroatoms. The molecule has 22 heavy (non-hydrogen) atoms. The van der Waals surface area contributed by atoms with Crippen LogP contribution >= 0.6 is 0 Å². The average Bonchev–Trinajstić information content (AvgIpc) is 2.50. The van der Waals surface area contributed by atoms with E-state index in [1.54, 1.807) is 12.1 Å². The van der Waals surface area contributed by atoms with Crippen molar-refractivity contribution in [1.82, 2.24) is 14.9 Å². The van der Waals surface area contributed by atoms with E-state index >= 15 is 0 Å². The molecular weight excluding hydrogens is 297 g/mol. The molecule has 1 saturated carbocycles. The maximum Gasteiger partial charge on any atom is 0.336 e. The minimum Gasteiger partial charge on any atom is -0.379 e. The minimum atomic E-state index is -1.21. The second kappa shape index (κ2) is 6.84. The first-order chi connectivity index (χ1) is 10.5. The third-order valence-electron chi connectivity index (χ3n) is 3.77. The lowest BCUT2D eigenvalue weighted by Gasteiger charge is -2.36. The number of ether oxygens (including phenoxy) is 2. The molecule has 3 unspecified atom stereocenters. The van der Waals surface area contributed by atoms with Crippen molar-refractivity contribution in [2.24, 2.45) is 0 Å². The maximum absolute atomic E-state index is 13.2. The molecule has 1 aromatic rings. The van der Waals surface area contributed by atoms with Crippen molar-refractivity contribution in [2.45, 2.75) is 37.5 Å². The largest absolute Gasteiger partial charge is 0.379 e. The summed E-state index contributed by atoms with van der Waals surface area (Å²) in [6, 6.07) is -1.21. The van der Waals surface area contributed by atoms with Gasteiger partial charge in [0.25, 0.3) is 5.56 Å². The molecule has 1 heterocycles. The lowest BCUT2D eigenvalue weighted by molar-refractivity contribution is -0.0716. The number of aromatic amines is 1. The molecule has 0 spiro atoms. The van der Waals surface area contributed by atoms with Crippen molar-refractivity contribution in [1.29, 1.82) is 0 Å². The number of amides is 1. The summed E-state index contributed by atoms with van der Waals surface area (Å²) < 4.78 is 24.4. The Balaban J connectivity index is 2.19. The number of methoxy groups -OCH3 is 2. The maximum atomic E-state index is 13.2. The van der Waals surface area contributed by atoms with Crippen LogP contribution in [0.15, 0.2) is 15.8 Å². The van der Waals surface area contributed by atoms with Crippen LogP contribution < -0.4 is 16.6 Å². The van der Waals surface area contributed by atoms with E-state index in [0.29, 0.717) is 17.2 Å². The normalized spacial score (nSPS) is 25.0. The monoisotopic (exact) mass is 315 g/mol. The summed E-state index contributed by atoms with van der Waals surface area (Å²) >= 11 is 0. The zero-order valence-corrected chi connectivity index (χ0v) is 12.3. The number of carbonyl (C=O) groups is 1. The van der Waals surface area contributed by atoms with E-state index in [0.717, 1.165) is 12.8 Å². The van der Waals surface area contributed by atoms with Gasteiger partial charge in [0.15, 0.2) is 0 Å². The van der Waals surface area contributed by atoms with Crippen LogP contribution in [0.4, 0.5) is 9.18 Å². The van der Waals surface area contributed by atoms with Gasteiger partial charge in [-0.1, -0.05) is 0 Å². The Morgan fingerprint density at radius 2 is 2.09 bits per heavy atom. The fraction of sp³-hybridized carbons (Fsp3) is 0.615. The average molecular weight is 315 g/mol. The highest BCUT2D eigenvalue weighted by molar-refractivity contribution is 5.76. The molecule has 3 atom stereocenters. The summed E-state index contributed by atoms with van der Waals surface area (Å²) in [6.45, 7) is 0. The smallest absolute Gasteiger partial charge is 0.336 e. The molecule has 1 fully saturated rings. The third-order valence-corrected chi connectivity index (χ3v) is 3.77. The third kappa shape index (κ3) is 3.25. The van der Waals surface area contributed by atoms with Gasteiger partial charge in [-0.05, 0) is 19.3 Å². The topological polar surface area (TPSA) is 102 Å². The van der Waals surface area contributed by atoms with Crippen LogP contribution in [-0.2, 0) is 9.47 Å². The molecule has 0 bridgehead atoms. The molecular formula is C13H18FN3O5. The Hall–Kier alpha value is -2.00. The number of H-pyrrole nitrogens is 1. The van der Waals surface area contributed by atoms with E-state index in [2.05, 4.69) is 5.32 Å². The number of hydrogen-bond donors (Lipinski definition) is 2. The molecule has 2 rings (SSSR count). The van der Waals surface area contributed by atoms with Gasteiger partial charge in [-0.25, -0.2) is 14.2 Å². The van der Waals surface area contributed by atoms with Crippen LogP contribution in [0.1, 0.15) is 19.3 Å². The van der Waals surface area contributed by atoms with E-state index in [1.807, 2.05) is 0 Å². The van der Waals surface area contributed by atoms with Crippen LogP contribution in [0.3, 0.4) is 0 Å². The molecule has 0 radical (unpaired) electrons. The van der Waals surface area contributed by atoms with E-state index in [4.69, 9.17) is 9.47 Å². The van der Waals surface area contributed by atoms with Crippen molar-refractivity contribution in [3.8, 4) is 0 Å². The summed E-state index contributed by atoms with van der Waals surface area (Å²) in [5, 5.41) is 2.62. The number of aromatic nitrogens is 2. The lowest BCUT2D eigenvalue weighted by Crippen LogP contribution is -2.54. The second-order valence-electron chi connectivity index (χ2n) is 5.07. The van der Waals surface area contributed by atoms with E-state index in [-0.39, 0.29) is 18.2 Å². The van der Waals surface area contributed by atoms with Gasteiger partial charge in [-0.3, -0.25) is 9.78 Å². The lowest BCUT2D eigenvalue weighted by atomic mass is 9.90. The number of carbonyl (C=O) groups excluding carboxylic acids is 1. The fourth-order valence-electron chi connectivity index (χ4n) is 2.68. The molecule has 2 N–H and O–H groups in total. The Bertz CT molecular complexity index is 656. The molecule has 1 amide bonds. The van der Waals surface area contributed by atoms with Gasteiger partial charge in [-0.15, -0.1) is 0 Å².